The molecule has 0 unspecified atom stereocenters. The van der Waals surface area contributed by atoms with Gasteiger partial charge in [0.25, 0.3) is 0 Å². The van der Waals surface area contributed by atoms with Crippen molar-refractivity contribution in [3.05, 3.63) is 114 Å². The van der Waals surface area contributed by atoms with Crippen LogP contribution in [0.1, 0.15) is 54.0 Å². The van der Waals surface area contributed by atoms with Gasteiger partial charge in [0, 0.05) is 17.1 Å². The van der Waals surface area contributed by atoms with Gasteiger partial charge in [-0.3, -0.25) is 0 Å². The molecule has 0 aromatic heterocycles. The molecular weight excluding hydrogens is 350 g/mol. The molecule has 1 heteroatoms. The first kappa shape index (κ1) is 26.2. The molecule has 29 heavy (non-hydrogen) atoms. The number of rotatable bonds is 9. The van der Waals surface area contributed by atoms with Crippen molar-refractivity contribution in [3.63, 3.8) is 0 Å². The Morgan fingerprint density at radius 3 is 1.97 bits per heavy atom. The maximum absolute atomic E-state index is 4.07. The molecule has 156 valence electrons. The highest BCUT2D eigenvalue weighted by molar-refractivity contribution is 5.63. The predicted octanol–water partition coefficient (Wildman–Crippen LogP) is 8.71. The first-order valence-electron chi connectivity index (χ1n) is 10.5. The zero-order valence-corrected chi connectivity index (χ0v) is 19.5. The Balaban J connectivity index is 0.00000379. The van der Waals surface area contributed by atoms with E-state index in [9.17, 15) is 0 Å². The molecule has 1 aromatic carbocycles. The third-order valence-corrected chi connectivity index (χ3v) is 4.30. The molecule has 0 bridgehead atoms. The van der Waals surface area contributed by atoms with E-state index in [4.69, 9.17) is 0 Å². The van der Waals surface area contributed by atoms with E-state index in [-0.39, 0.29) is 0 Å². The summed E-state index contributed by atoms with van der Waals surface area (Å²) in [4.78, 5) is 2.21. The van der Waals surface area contributed by atoms with Crippen molar-refractivity contribution in [1.82, 2.24) is 0 Å². The van der Waals surface area contributed by atoms with Crippen LogP contribution < -0.4 is 4.90 Å². The van der Waals surface area contributed by atoms with Gasteiger partial charge in [-0.25, -0.2) is 0 Å². The molecule has 1 nitrogen and oxygen atoms in total. The van der Waals surface area contributed by atoms with Crippen molar-refractivity contribution in [1.29, 1.82) is 0 Å². The van der Waals surface area contributed by atoms with Crippen molar-refractivity contribution in [2.24, 2.45) is 0 Å². The Bertz CT molecular complexity index is 780. The van der Waals surface area contributed by atoms with Gasteiger partial charge in [0.1, 0.15) is 0 Å². The Morgan fingerprint density at radius 2 is 1.55 bits per heavy atom. The lowest BCUT2D eigenvalue weighted by Crippen LogP contribution is -2.19. The number of allylic oxidation sites excluding steroid dienone is 10. The quantitative estimate of drug-likeness (QED) is 0.382. The van der Waals surface area contributed by atoms with Crippen LogP contribution in [-0.2, 0) is 6.42 Å². The lowest BCUT2D eigenvalue weighted by atomic mass is 9.99. The normalized spacial score (nSPS) is 12.7. The molecule has 0 aliphatic carbocycles. The lowest BCUT2D eigenvalue weighted by Gasteiger charge is -2.27. The maximum Gasteiger partial charge on any atom is 0.0461 e. The van der Waals surface area contributed by atoms with Crippen LogP contribution in [0.4, 0.5) is 5.69 Å². The monoisotopic (exact) mass is 389 g/mol. The van der Waals surface area contributed by atoms with E-state index in [0.29, 0.717) is 0 Å². The standard InChI is InChI=1S/C26H33N.C2H6/c1-8-13-15-25(12-5)27(24(11-4)14-9-2)26-18-16-22(17-19-26)20-23(10-3)21(6)7;1-2/h8-19H,5-6,20H2,1-4,7H3;1-2H3/b13-8-,14-9-,23-10-,24-11+,25-15+;. The minimum absolute atomic E-state index is 0.903. The van der Waals surface area contributed by atoms with Gasteiger partial charge in [0.2, 0.25) is 0 Å². The van der Waals surface area contributed by atoms with Crippen molar-refractivity contribution >= 4 is 5.69 Å². The van der Waals surface area contributed by atoms with Crippen LogP contribution in [0, 0.1) is 0 Å². The Hall–Kier alpha value is -2.80. The van der Waals surface area contributed by atoms with Crippen LogP contribution in [0.5, 0.6) is 0 Å². The van der Waals surface area contributed by atoms with Crippen molar-refractivity contribution in [2.75, 3.05) is 4.90 Å². The molecule has 1 rings (SSSR count). The Labute approximate surface area is 179 Å². The smallest absolute Gasteiger partial charge is 0.0461 e. The zero-order valence-electron chi connectivity index (χ0n) is 19.5. The van der Waals surface area contributed by atoms with Gasteiger partial charge in [-0.1, -0.05) is 75.1 Å². The Kier molecular flexibility index (Phi) is 13.7. The lowest BCUT2D eigenvalue weighted by molar-refractivity contribution is 1.11. The van der Waals surface area contributed by atoms with Crippen LogP contribution in [0.25, 0.3) is 0 Å². The summed E-state index contributed by atoms with van der Waals surface area (Å²) in [5.41, 5.74) is 6.93. The van der Waals surface area contributed by atoms with Gasteiger partial charge in [-0.2, -0.15) is 0 Å². The summed E-state index contributed by atoms with van der Waals surface area (Å²) in [5, 5.41) is 0. The summed E-state index contributed by atoms with van der Waals surface area (Å²) < 4.78 is 0. The number of benzene rings is 1. The van der Waals surface area contributed by atoms with Gasteiger partial charge >= 0.3 is 0 Å². The van der Waals surface area contributed by atoms with Crippen LogP contribution in [0.2, 0.25) is 0 Å². The van der Waals surface area contributed by atoms with E-state index in [1.807, 2.05) is 45.9 Å². The number of nitrogens with zero attached hydrogens (tertiary/aromatic N) is 1. The first-order chi connectivity index (χ1) is 14.0. The maximum atomic E-state index is 4.07. The second kappa shape index (κ2) is 15.2. The Morgan fingerprint density at radius 1 is 0.931 bits per heavy atom. The first-order valence-corrected chi connectivity index (χ1v) is 10.5. The summed E-state index contributed by atoms with van der Waals surface area (Å²) in [6, 6.07) is 8.71. The van der Waals surface area contributed by atoms with E-state index in [1.54, 1.807) is 0 Å². The molecule has 0 saturated carbocycles. The van der Waals surface area contributed by atoms with Crippen LogP contribution in [-0.4, -0.2) is 0 Å². The third kappa shape index (κ3) is 8.39. The van der Waals surface area contributed by atoms with Crippen molar-refractivity contribution < 1.29 is 0 Å². The highest BCUT2D eigenvalue weighted by Crippen LogP contribution is 2.27. The van der Waals surface area contributed by atoms with Crippen LogP contribution in [0.3, 0.4) is 0 Å². The van der Waals surface area contributed by atoms with Crippen molar-refractivity contribution in [3.8, 4) is 0 Å². The molecule has 0 amide bonds. The summed E-state index contributed by atoms with van der Waals surface area (Å²) in [7, 11) is 0. The molecule has 0 aliphatic rings. The summed E-state index contributed by atoms with van der Waals surface area (Å²) in [6.07, 6.45) is 17.3. The molecule has 0 atom stereocenters. The highest BCUT2D eigenvalue weighted by atomic mass is 15.1. The molecule has 0 fully saturated rings. The van der Waals surface area contributed by atoms with Gasteiger partial charge < -0.3 is 4.90 Å². The van der Waals surface area contributed by atoms with E-state index in [0.717, 1.165) is 29.1 Å². The average molecular weight is 390 g/mol. The topological polar surface area (TPSA) is 3.24 Å². The van der Waals surface area contributed by atoms with Crippen LogP contribution >= 0.6 is 0 Å². The average Bonchev–Trinajstić information content (AvgIpc) is 2.75. The molecular formula is C28H39N. The van der Waals surface area contributed by atoms with Crippen molar-refractivity contribution in [2.45, 2.75) is 54.9 Å². The van der Waals surface area contributed by atoms with Crippen LogP contribution in [0.15, 0.2) is 109 Å². The van der Waals surface area contributed by atoms with Gasteiger partial charge in [0.05, 0.1) is 0 Å². The minimum atomic E-state index is 0.903. The number of hydrogen-bond donors (Lipinski definition) is 0. The van der Waals surface area contributed by atoms with E-state index >= 15 is 0 Å². The predicted molar refractivity (Wildman–Crippen MR) is 134 cm³/mol. The van der Waals surface area contributed by atoms with Gasteiger partial charge in [-0.05, 0) is 82.5 Å². The SMILES string of the molecule is C=C/C(=C\C=C/C)N(C(/C=C\C)=C/C)c1ccc(C/C(=C/C)C(=C)C)cc1.CC. The molecule has 0 aliphatic heterocycles. The molecule has 1 aromatic rings. The van der Waals surface area contributed by atoms with E-state index in [2.05, 4.69) is 93.5 Å². The number of anilines is 1. The molecule has 0 radical (unpaired) electrons. The van der Waals surface area contributed by atoms with Gasteiger partial charge in [-0.15, -0.1) is 0 Å². The fraction of sp³-hybridized carbons (Fsp3) is 0.286. The largest absolute Gasteiger partial charge is 0.311 e. The summed E-state index contributed by atoms with van der Waals surface area (Å²) in [6.45, 7) is 22.3. The molecule has 0 spiro atoms. The zero-order chi connectivity index (χ0) is 22.2. The fourth-order valence-electron chi connectivity index (χ4n) is 2.83. The molecule has 0 N–H and O–H groups in total. The summed E-state index contributed by atoms with van der Waals surface area (Å²) >= 11 is 0. The third-order valence-electron chi connectivity index (χ3n) is 4.30. The fourth-order valence-corrected chi connectivity index (χ4v) is 2.83. The van der Waals surface area contributed by atoms with E-state index in [1.165, 1.54) is 11.1 Å². The number of hydrogen-bond acceptors (Lipinski definition) is 1. The molecule has 0 heterocycles. The minimum Gasteiger partial charge on any atom is -0.311 e. The highest BCUT2D eigenvalue weighted by Gasteiger charge is 2.13. The summed E-state index contributed by atoms with van der Waals surface area (Å²) in [5.74, 6) is 0. The second-order valence-electron chi connectivity index (χ2n) is 6.31. The van der Waals surface area contributed by atoms with E-state index < -0.39 is 0 Å². The molecule has 0 saturated heterocycles. The van der Waals surface area contributed by atoms with Gasteiger partial charge in [0.15, 0.2) is 0 Å². The second-order valence-corrected chi connectivity index (χ2v) is 6.31.